The van der Waals surface area contributed by atoms with Crippen LogP contribution in [-0.2, 0) is 6.18 Å². The molecule has 5 heteroatoms. The van der Waals surface area contributed by atoms with Crippen molar-refractivity contribution in [1.82, 2.24) is 9.13 Å². The van der Waals surface area contributed by atoms with Gasteiger partial charge in [-0.05, 0) is 136 Å². The van der Waals surface area contributed by atoms with Crippen LogP contribution in [0.2, 0.25) is 0 Å². The van der Waals surface area contributed by atoms with E-state index in [0.29, 0.717) is 16.9 Å². The summed E-state index contributed by atoms with van der Waals surface area (Å²) in [5.41, 5.74) is 17.5. The molecule has 0 aliphatic rings. The molecule has 338 valence electrons. The Hall–Kier alpha value is -8.41. The number of fused-ring (bicyclic) bond motifs is 6. The molecule has 10 aromatic carbocycles. The first-order chi connectivity index (χ1) is 34.0. The topological polar surface area (TPSA) is 9.86 Å². The minimum absolute atomic E-state index is 0.431. The highest BCUT2D eigenvalue weighted by Crippen LogP contribution is 2.47. The summed E-state index contributed by atoms with van der Waals surface area (Å²) in [6, 6.07) is 71.4. The van der Waals surface area contributed by atoms with Crippen molar-refractivity contribution < 1.29 is 13.2 Å². The van der Waals surface area contributed by atoms with E-state index in [0.717, 1.165) is 116 Å². The molecule has 0 amide bonds. The molecule has 12 aromatic rings. The number of hydrogen-bond donors (Lipinski definition) is 0. The Labute approximate surface area is 405 Å². The molecule has 0 unspecified atom stereocenters. The fourth-order valence-corrected chi connectivity index (χ4v) is 10.8. The van der Waals surface area contributed by atoms with E-state index >= 15 is 13.2 Å². The van der Waals surface area contributed by atoms with Gasteiger partial charge in [0.1, 0.15) is 0 Å². The fraction of sp³-hybridized carbons (Fsp3) is 0.0769. The van der Waals surface area contributed by atoms with E-state index in [4.69, 9.17) is 0 Å². The van der Waals surface area contributed by atoms with Crippen molar-refractivity contribution in [2.75, 3.05) is 0 Å². The van der Waals surface area contributed by atoms with Crippen molar-refractivity contribution in [3.63, 3.8) is 0 Å². The Morgan fingerprint density at radius 3 is 0.871 bits per heavy atom. The summed E-state index contributed by atoms with van der Waals surface area (Å²) in [4.78, 5) is 0. The zero-order chi connectivity index (χ0) is 47.8. The van der Waals surface area contributed by atoms with E-state index in [1.807, 2.05) is 78.9 Å². The summed E-state index contributed by atoms with van der Waals surface area (Å²) < 4.78 is 52.6. The molecule has 0 saturated heterocycles. The van der Waals surface area contributed by atoms with E-state index in [2.05, 4.69) is 158 Å². The Morgan fingerprint density at radius 2 is 0.586 bits per heavy atom. The van der Waals surface area contributed by atoms with Gasteiger partial charge in [-0.1, -0.05) is 176 Å². The smallest absolute Gasteiger partial charge is 0.308 e. The number of hydrogen-bond acceptors (Lipinski definition) is 0. The van der Waals surface area contributed by atoms with Gasteiger partial charge in [-0.25, -0.2) is 0 Å². The van der Waals surface area contributed by atoms with Crippen LogP contribution in [0.15, 0.2) is 212 Å². The van der Waals surface area contributed by atoms with Crippen molar-refractivity contribution in [1.29, 1.82) is 0 Å². The van der Waals surface area contributed by atoms with Crippen LogP contribution in [0.25, 0.3) is 111 Å². The number of benzene rings is 10. The molecule has 0 saturated carbocycles. The zero-order valence-corrected chi connectivity index (χ0v) is 39.2. The van der Waals surface area contributed by atoms with E-state index in [-0.39, 0.29) is 0 Å². The standard InChI is InChI=1S/C65H47F3N2/c1-40-16-8-12-22-50(40)45-26-30-54-55-31-27-46(51-23-13-9-17-41(51)2)35-59(55)69(58(54)34-45)62-38-49(65(66,67)68)39-63(64(62)44-20-6-5-7-21-44)70-60-36-47(52-24-14-10-18-42(52)3)28-32-56(60)57-33-29-48(37-61(57)70)53-25-15-11-19-43(53)4/h5-39H,1-4H3. The molecule has 0 fully saturated rings. The summed E-state index contributed by atoms with van der Waals surface area (Å²) in [5, 5.41) is 3.79. The molecule has 2 heterocycles. The van der Waals surface area contributed by atoms with Gasteiger partial charge in [0.25, 0.3) is 0 Å². The number of rotatable bonds is 7. The lowest BCUT2D eigenvalue weighted by molar-refractivity contribution is -0.137. The van der Waals surface area contributed by atoms with Gasteiger partial charge < -0.3 is 9.13 Å². The summed E-state index contributed by atoms with van der Waals surface area (Å²) in [6.45, 7) is 8.38. The molecule has 0 atom stereocenters. The second-order valence-corrected chi connectivity index (χ2v) is 18.6. The molecule has 12 rings (SSSR count). The first-order valence-electron chi connectivity index (χ1n) is 23.7. The number of aromatic nitrogens is 2. The Bertz CT molecular complexity index is 3600. The number of halogens is 3. The highest BCUT2D eigenvalue weighted by molar-refractivity contribution is 6.14. The van der Waals surface area contributed by atoms with Crippen molar-refractivity contribution in [3.8, 4) is 67.0 Å². The molecule has 0 bridgehead atoms. The van der Waals surface area contributed by atoms with Gasteiger partial charge in [-0.15, -0.1) is 0 Å². The predicted molar refractivity (Wildman–Crippen MR) is 286 cm³/mol. The second-order valence-electron chi connectivity index (χ2n) is 18.6. The number of aryl methyl sites for hydroxylation is 4. The highest BCUT2D eigenvalue weighted by atomic mass is 19.4. The minimum atomic E-state index is -4.70. The quantitative estimate of drug-likeness (QED) is 0.151. The summed E-state index contributed by atoms with van der Waals surface area (Å²) in [7, 11) is 0. The number of nitrogens with zero attached hydrogens (tertiary/aromatic N) is 2. The van der Waals surface area contributed by atoms with E-state index in [1.54, 1.807) is 0 Å². The Morgan fingerprint density at radius 1 is 0.300 bits per heavy atom. The molecule has 2 aromatic heterocycles. The fourth-order valence-electron chi connectivity index (χ4n) is 10.8. The predicted octanol–water partition coefficient (Wildman–Crippen LogP) is 18.5. The van der Waals surface area contributed by atoms with Crippen molar-refractivity contribution in [3.05, 3.63) is 240 Å². The molecular weight excluding hydrogens is 866 g/mol. The van der Waals surface area contributed by atoms with Gasteiger partial charge in [-0.3, -0.25) is 0 Å². The molecule has 2 nitrogen and oxygen atoms in total. The van der Waals surface area contributed by atoms with Gasteiger partial charge in [0.2, 0.25) is 0 Å². The maximum absolute atomic E-state index is 16.1. The average Bonchev–Trinajstić information content (AvgIpc) is 3.87. The Kier molecular flexibility index (Phi) is 10.2. The minimum Gasteiger partial charge on any atom is -0.308 e. The summed E-state index contributed by atoms with van der Waals surface area (Å²) >= 11 is 0. The average molecular weight is 913 g/mol. The third-order valence-electron chi connectivity index (χ3n) is 14.3. The van der Waals surface area contributed by atoms with E-state index in [9.17, 15) is 0 Å². The van der Waals surface area contributed by atoms with Crippen LogP contribution in [0.3, 0.4) is 0 Å². The van der Waals surface area contributed by atoms with Gasteiger partial charge in [0.05, 0.1) is 39.0 Å². The molecule has 70 heavy (non-hydrogen) atoms. The van der Waals surface area contributed by atoms with Gasteiger partial charge >= 0.3 is 6.18 Å². The van der Waals surface area contributed by atoms with Crippen molar-refractivity contribution in [2.45, 2.75) is 33.9 Å². The largest absolute Gasteiger partial charge is 0.416 e. The molecular formula is C65H47F3N2. The van der Waals surface area contributed by atoms with E-state index in [1.165, 1.54) is 12.1 Å². The number of alkyl halides is 3. The normalized spacial score (nSPS) is 11.9. The van der Waals surface area contributed by atoms with Crippen LogP contribution in [0.4, 0.5) is 13.2 Å². The lowest BCUT2D eigenvalue weighted by atomic mass is 9.96. The summed E-state index contributed by atoms with van der Waals surface area (Å²) in [5.74, 6) is 0. The molecule has 0 spiro atoms. The lowest BCUT2D eigenvalue weighted by Gasteiger charge is -2.23. The maximum atomic E-state index is 16.1. The second kappa shape index (κ2) is 16.7. The maximum Gasteiger partial charge on any atom is 0.416 e. The molecule has 0 aliphatic carbocycles. The lowest BCUT2D eigenvalue weighted by Crippen LogP contribution is -2.11. The molecule has 0 aliphatic heterocycles. The van der Waals surface area contributed by atoms with Crippen LogP contribution in [0.1, 0.15) is 27.8 Å². The van der Waals surface area contributed by atoms with Crippen molar-refractivity contribution >= 4 is 43.6 Å². The van der Waals surface area contributed by atoms with E-state index < -0.39 is 11.7 Å². The van der Waals surface area contributed by atoms with Crippen LogP contribution in [-0.4, -0.2) is 9.13 Å². The van der Waals surface area contributed by atoms with Crippen LogP contribution in [0.5, 0.6) is 0 Å². The van der Waals surface area contributed by atoms with Crippen LogP contribution in [0, 0.1) is 27.7 Å². The SMILES string of the molecule is Cc1ccccc1-c1ccc2c3ccc(-c4ccccc4C)cc3n(-c3cc(C(F)(F)F)cc(-n4c5cc(-c6ccccc6C)ccc5c5ccc(-c6ccccc6C)cc54)c3-c3ccccc3)c2c1. The Balaban J connectivity index is 1.27. The highest BCUT2D eigenvalue weighted by Gasteiger charge is 2.34. The first kappa shape index (κ1) is 42.9. The van der Waals surface area contributed by atoms with Gasteiger partial charge in [0.15, 0.2) is 0 Å². The molecule has 0 radical (unpaired) electrons. The van der Waals surface area contributed by atoms with Crippen LogP contribution >= 0.6 is 0 Å². The summed E-state index contributed by atoms with van der Waals surface area (Å²) in [6.07, 6.45) is -4.70. The van der Waals surface area contributed by atoms with Gasteiger partial charge in [0, 0.05) is 27.1 Å². The molecule has 0 N–H and O–H groups in total. The third kappa shape index (κ3) is 7.11. The van der Waals surface area contributed by atoms with Gasteiger partial charge in [-0.2, -0.15) is 13.2 Å². The third-order valence-corrected chi connectivity index (χ3v) is 14.3. The zero-order valence-electron chi connectivity index (χ0n) is 39.2. The van der Waals surface area contributed by atoms with Crippen molar-refractivity contribution in [2.24, 2.45) is 0 Å². The monoisotopic (exact) mass is 912 g/mol. The van der Waals surface area contributed by atoms with Crippen LogP contribution < -0.4 is 0 Å². The first-order valence-corrected chi connectivity index (χ1v) is 23.7.